The van der Waals surface area contributed by atoms with Crippen LogP contribution in [0.4, 0.5) is 10.8 Å². The van der Waals surface area contributed by atoms with Crippen LogP contribution in [0.15, 0.2) is 95.4 Å². The fourth-order valence-corrected chi connectivity index (χ4v) is 5.28. The van der Waals surface area contributed by atoms with E-state index < -0.39 is 0 Å². The summed E-state index contributed by atoms with van der Waals surface area (Å²) in [5.74, 6) is 0.631. The molecule has 0 saturated heterocycles. The van der Waals surface area contributed by atoms with Crippen LogP contribution in [0.3, 0.4) is 0 Å². The number of aryl methyl sites for hydroxylation is 2. The number of nitrogens with one attached hydrogen (secondary N) is 2. The minimum Gasteiger partial charge on any atom is -0.490 e. The molecule has 1 amide bonds. The van der Waals surface area contributed by atoms with Crippen molar-refractivity contribution in [3.8, 4) is 22.8 Å². The highest BCUT2D eigenvalue weighted by molar-refractivity contribution is 7.14. The van der Waals surface area contributed by atoms with Crippen molar-refractivity contribution in [1.82, 2.24) is 10.4 Å². The summed E-state index contributed by atoms with van der Waals surface area (Å²) in [6.45, 7) is 6.78. The molecule has 5 aromatic rings. The number of halogens is 1. The zero-order valence-corrected chi connectivity index (χ0v) is 25.6. The maximum atomic E-state index is 12.7. The molecule has 0 unspecified atom stereocenters. The molecule has 5 rings (SSSR count). The fraction of sp³-hybridized carbons (Fsp3) is 0.147. The van der Waals surface area contributed by atoms with Gasteiger partial charge in [0.2, 0.25) is 0 Å². The molecule has 7 nitrogen and oxygen atoms in total. The molecule has 43 heavy (non-hydrogen) atoms. The van der Waals surface area contributed by atoms with Crippen LogP contribution in [-0.4, -0.2) is 23.7 Å². The summed E-state index contributed by atoms with van der Waals surface area (Å²) in [6, 6.07) is 27.0. The van der Waals surface area contributed by atoms with E-state index >= 15 is 0 Å². The van der Waals surface area contributed by atoms with Gasteiger partial charge in [-0.2, -0.15) is 5.10 Å². The topological polar surface area (TPSA) is 84.8 Å². The van der Waals surface area contributed by atoms with E-state index in [1.807, 2.05) is 61.7 Å². The molecule has 0 atom stereocenters. The van der Waals surface area contributed by atoms with E-state index in [1.165, 1.54) is 23.1 Å². The van der Waals surface area contributed by atoms with Gasteiger partial charge in [-0.25, -0.2) is 10.4 Å². The molecule has 0 spiro atoms. The largest absolute Gasteiger partial charge is 0.490 e. The van der Waals surface area contributed by atoms with Gasteiger partial charge in [0, 0.05) is 22.2 Å². The van der Waals surface area contributed by atoms with E-state index in [-0.39, 0.29) is 5.91 Å². The fourth-order valence-electron chi connectivity index (χ4n) is 4.27. The molecule has 0 saturated carbocycles. The number of carbonyl (C=O) groups excluding carboxylic acids is 1. The molecule has 0 aliphatic rings. The van der Waals surface area contributed by atoms with Crippen LogP contribution in [0.5, 0.6) is 11.5 Å². The molecule has 0 radical (unpaired) electrons. The zero-order valence-electron chi connectivity index (χ0n) is 24.1. The lowest BCUT2D eigenvalue weighted by Gasteiger charge is -2.14. The molecule has 0 aliphatic heterocycles. The van der Waals surface area contributed by atoms with Crippen LogP contribution in [0.25, 0.3) is 11.3 Å². The van der Waals surface area contributed by atoms with Crippen molar-refractivity contribution in [2.45, 2.75) is 27.4 Å². The summed E-state index contributed by atoms with van der Waals surface area (Å²) in [7, 11) is 0. The number of nitrogens with zero attached hydrogens (tertiary/aromatic N) is 2. The highest BCUT2D eigenvalue weighted by Crippen LogP contribution is 2.37. The Kier molecular flexibility index (Phi) is 9.71. The summed E-state index contributed by atoms with van der Waals surface area (Å²) in [6.07, 6.45) is 1.52. The first kappa shape index (κ1) is 29.8. The second kappa shape index (κ2) is 14.0. The van der Waals surface area contributed by atoms with Crippen molar-refractivity contribution in [2.24, 2.45) is 5.10 Å². The third kappa shape index (κ3) is 8.00. The maximum Gasteiger partial charge on any atom is 0.271 e. The van der Waals surface area contributed by atoms with Crippen LogP contribution in [0.2, 0.25) is 5.02 Å². The molecule has 1 heterocycles. The number of aromatic nitrogens is 1. The lowest BCUT2D eigenvalue weighted by Crippen LogP contribution is -2.17. The monoisotopic (exact) mass is 610 g/mol. The molecule has 1 aromatic heterocycles. The average Bonchev–Trinajstić information content (AvgIpc) is 3.47. The number of anilines is 2. The second-order valence-electron chi connectivity index (χ2n) is 9.85. The summed E-state index contributed by atoms with van der Waals surface area (Å²) < 4.78 is 11.8. The van der Waals surface area contributed by atoms with Crippen molar-refractivity contribution in [3.05, 3.63) is 123 Å². The number of benzene rings is 4. The van der Waals surface area contributed by atoms with Crippen LogP contribution in [0, 0.1) is 13.8 Å². The van der Waals surface area contributed by atoms with Crippen molar-refractivity contribution in [3.63, 3.8) is 0 Å². The van der Waals surface area contributed by atoms with Crippen molar-refractivity contribution < 1.29 is 14.3 Å². The van der Waals surface area contributed by atoms with E-state index in [2.05, 4.69) is 46.0 Å². The minimum absolute atomic E-state index is 0.336. The number of thiazole rings is 1. The number of rotatable bonds is 11. The number of amides is 1. The van der Waals surface area contributed by atoms with Crippen LogP contribution >= 0.6 is 22.9 Å². The lowest BCUT2D eigenvalue weighted by molar-refractivity contribution is 0.0955. The summed E-state index contributed by atoms with van der Waals surface area (Å²) in [4.78, 5) is 17.4. The predicted octanol–water partition coefficient (Wildman–Crippen LogP) is 8.57. The number of hydrogen-bond donors (Lipinski definition) is 2. The molecule has 218 valence electrons. The molecule has 4 aromatic carbocycles. The van der Waals surface area contributed by atoms with Crippen molar-refractivity contribution >= 4 is 45.9 Å². The van der Waals surface area contributed by atoms with Crippen LogP contribution in [-0.2, 0) is 6.61 Å². The molecule has 0 aliphatic carbocycles. The Labute approximate surface area is 260 Å². The van der Waals surface area contributed by atoms with Gasteiger partial charge < -0.3 is 14.8 Å². The normalized spacial score (nSPS) is 11.0. The quantitative estimate of drug-likeness (QED) is 0.116. The van der Waals surface area contributed by atoms with Gasteiger partial charge in [0.25, 0.3) is 5.91 Å². The predicted molar refractivity (Wildman–Crippen MR) is 175 cm³/mol. The summed E-state index contributed by atoms with van der Waals surface area (Å²) >= 11 is 8.08. The van der Waals surface area contributed by atoms with Gasteiger partial charge in [-0.3, -0.25) is 4.79 Å². The summed E-state index contributed by atoms with van der Waals surface area (Å²) in [5.41, 5.74) is 9.82. The van der Waals surface area contributed by atoms with Gasteiger partial charge in [0.1, 0.15) is 6.61 Å². The molecule has 9 heteroatoms. The summed E-state index contributed by atoms with van der Waals surface area (Å²) in [5, 5.41) is 10.6. The average molecular weight is 611 g/mol. The molecule has 0 fully saturated rings. The first-order valence-electron chi connectivity index (χ1n) is 13.8. The second-order valence-corrected chi connectivity index (χ2v) is 11.1. The highest BCUT2D eigenvalue weighted by Gasteiger charge is 2.13. The third-order valence-corrected chi connectivity index (χ3v) is 7.47. The first-order chi connectivity index (χ1) is 20.9. The standard InChI is InChI=1S/C34H31ClN4O3S/c1-4-41-31-18-25(17-29(35)32(31)42-20-24-7-5-6-23(3)16-24)19-36-39-33(40)27-12-10-26(11-13-27)30-21-43-34(38-30)37-28-14-8-22(2)9-15-28/h5-19,21H,4,20H2,1-3H3,(H,37,38)(H,39,40)/b36-19-. The lowest BCUT2D eigenvalue weighted by atomic mass is 10.1. The molecule has 0 bridgehead atoms. The SMILES string of the molecule is CCOc1cc(/C=N\NC(=O)c2ccc(-c3csc(Nc4ccc(C)cc4)n3)cc2)cc(Cl)c1OCc1cccc(C)c1. The highest BCUT2D eigenvalue weighted by atomic mass is 35.5. The number of hydrazone groups is 1. The Bertz CT molecular complexity index is 1730. The van der Waals surface area contributed by atoms with E-state index in [4.69, 9.17) is 21.1 Å². The molecular weight excluding hydrogens is 580 g/mol. The third-order valence-electron chi connectivity index (χ3n) is 6.43. The van der Waals surface area contributed by atoms with Gasteiger partial charge in [-0.05, 0) is 68.3 Å². The Hall–Kier alpha value is -4.66. The van der Waals surface area contributed by atoms with Gasteiger partial charge >= 0.3 is 0 Å². The minimum atomic E-state index is -0.336. The molecular formula is C34H31ClN4O3S. The van der Waals surface area contributed by atoms with Crippen molar-refractivity contribution in [1.29, 1.82) is 0 Å². The number of hydrogen-bond acceptors (Lipinski definition) is 7. The van der Waals surface area contributed by atoms with Crippen LogP contribution in [0.1, 0.15) is 39.5 Å². The van der Waals surface area contributed by atoms with E-state index in [0.29, 0.717) is 40.9 Å². The van der Waals surface area contributed by atoms with Gasteiger partial charge in [0.15, 0.2) is 16.6 Å². The van der Waals surface area contributed by atoms with Gasteiger partial charge in [-0.1, -0.05) is 71.3 Å². The van der Waals surface area contributed by atoms with E-state index in [9.17, 15) is 4.79 Å². The number of ether oxygens (including phenoxy) is 2. The van der Waals surface area contributed by atoms with E-state index in [1.54, 1.807) is 24.3 Å². The Morgan fingerprint density at radius 2 is 1.77 bits per heavy atom. The van der Waals surface area contributed by atoms with E-state index in [0.717, 1.165) is 33.2 Å². The zero-order chi connectivity index (χ0) is 30.2. The Morgan fingerprint density at radius 1 is 0.977 bits per heavy atom. The van der Waals surface area contributed by atoms with Crippen LogP contribution < -0.4 is 20.2 Å². The van der Waals surface area contributed by atoms with Crippen molar-refractivity contribution in [2.75, 3.05) is 11.9 Å². The smallest absolute Gasteiger partial charge is 0.271 e. The maximum absolute atomic E-state index is 12.7. The van der Waals surface area contributed by atoms with Gasteiger partial charge in [0.05, 0.1) is 23.5 Å². The molecule has 2 N–H and O–H groups in total. The first-order valence-corrected chi connectivity index (χ1v) is 15.0. The Balaban J connectivity index is 1.20. The number of carbonyl (C=O) groups is 1. The Morgan fingerprint density at radius 3 is 2.51 bits per heavy atom. The van der Waals surface area contributed by atoms with Gasteiger partial charge in [-0.15, -0.1) is 11.3 Å².